The van der Waals surface area contributed by atoms with Gasteiger partial charge < -0.3 is 10.8 Å². The Morgan fingerprint density at radius 1 is 1.40 bits per heavy atom. The van der Waals surface area contributed by atoms with Crippen molar-refractivity contribution in [1.82, 2.24) is 0 Å². The maximum Gasteiger partial charge on any atom is 0.303 e. The number of rotatable bonds is 9. The zero-order valence-electron chi connectivity index (χ0n) is 10.0. The smallest absolute Gasteiger partial charge is 0.303 e. The second kappa shape index (κ2) is 8.72. The van der Waals surface area contributed by atoms with E-state index in [0.29, 0.717) is 12.5 Å². The van der Waals surface area contributed by atoms with E-state index in [1.807, 2.05) is 0 Å². The Morgan fingerprint density at radius 2 is 2.07 bits per heavy atom. The largest absolute Gasteiger partial charge is 0.481 e. The van der Waals surface area contributed by atoms with Crippen LogP contribution in [0.2, 0.25) is 0 Å². The lowest BCUT2D eigenvalue weighted by molar-refractivity contribution is -0.138. The summed E-state index contributed by atoms with van der Waals surface area (Å²) >= 11 is 0. The number of nitrogens with two attached hydrogens (primary N) is 1. The summed E-state index contributed by atoms with van der Waals surface area (Å²) in [5.41, 5.74) is 5.56. The van der Waals surface area contributed by atoms with Crippen molar-refractivity contribution in [2.45, 2.75) is 52.4 Å². The minimum atomic E-state index is -0.730. The highest BCUT2D eigenvalue weighted by molar-refractivity contribution is 5.67. The lowest BCUT2D eigenvalue weighted by Gasteiger charge is -2.17. The van der Waals surface area contributed by atoms with Crippen LogP contribution >= 0.6 is 0 Å². The highest BCUT2D eigenvalue weighted by atomic mass is 16.4. The van der Waals surface area contributed by atoms with Crippen LogP contribution in [-0.2, 0) is 4.79 Å². The summed E-state index contributed by atoms with van der Waals surface area (Å²) in [6.07, 6.45) is 6.13. The standard InChI is InChI=1S/C12H25NO2/c1-3-4-5-6-10(2)7-11(9-13)8-12(14)15/h10-11H,3-9,13H2,1-2H3,(H,14,15). The average molecular weight is 215 g/mol. The molecule has 0 spiro atoms. The molecule has 0 aliphatic rings. The van der Waals surface area contributed by atoms with Gasteiger partial charge in [0, 0.05) is 6.42 Å². The zero-order chi connectivity index (χ0) is 11.7. The van der Waals surface area contributed by atoms with Gasteiger partial charge in [-0.15, -0.1) is 0 Å². The third-order valence-corrected chi connectivity index (χ3v) is 2.83. The molecule has 0 aliphatic heterocycles. The second-order valence-corrected chi connectivity index (χ2v) is 4.54. The van der Waals surface area contributed by atoms with E-state index in [9.17, 15) is 4.79 Å². The van der Waals surface area contributed by atoms with E-state index in [0.717, 1.165) is 6.42 Å². The van der Waals surface area contributed by atoms with Crippen molar-refractivity contribution in [3.63, 3.8) is 0 Å². The lowest BCUT2D eigenvalue weighted by atomic mass is 9.90. The SMILES string of the molecule is CCCCCC(C)CC(CN)CC(=O)O. The number of carboxylic acid groups (broad SMARTS) is 1. The molecule has 90 valence electrons. The van der Waals surface area contributed by atoms with Crippen molar-refractivity contribution in [1.29, 1.82) is 0 Å². The Labute approximate surface area is 93.0 Å². The van der Waals surface area contributed by atoms with Gasteiger partial charge in [-0.1, -0.05) is 39.5 Å². The monoisotopic (exact) mass is 215 g/mol. The van der Waals surface area contributed by atoms with Gasteiger partial charge >= 0.3 is 5.97 Å². The lowest BCUT2D eigenvalue weighted by Crippen LogP contribution is -2.20. The van der Waals surface area contributed by atoms with Crippen LogP contribution in [0.15, 0.2) is 0 Å². The van der Waals surface area contributed by atoms with Crippen molar-refractivity contribution in [2.24, 2.45) is 17.6 Å². The van der Waals surface area contributed by atoms with Crippen LogP contribution in [0.4, 0.5) is 0 Å². The van der Waals surface area contributed by atoms with Gasteiger partial charge in [-0.3, -0.25) is 4.79 Å². The van der Waals surface area contributed by atoms with Crippen molar-refractivity contribution < 1.29 is 9.90 Å². The van der Waals surface area contributed by atoms with Crippen molar-refractivity contribution in [3.8, 4) is 0 Å². The molecule has 0 rings (SSSR count). The van der Waals surface area contributed by atoms with Gasteiger partial charge in [0.05, 0.1) is 0 Å². The van der Waals surface area contributed by atoms with E-state index >= 15 is 0 Å². The Bertz CT molecular complexity index is 171. The molecule has 0 aliphatic carbocycles. The molecular formula is C12H25NO2. The number of aliphatic carboxylic acids is 1. The summed E-state index contributed by atoms with van der Waals surface area (Å²) in [6, 6.07) is 0. The van der Waals surface area contributed by atoms with E-state index in [1.54, 1.807) is 0 Å². The van der Waals surface area contributed by atoms with Crippen LogP contribution in [0.1, 0.15) is 52.4 Å². The topological polar surface area (TPSA) is 63.3 Å². The van der Waals surface area contributed by atoms with Crippen LogP contribution in [0.25, 0.3) is 0 Å². The molecule has 0 aromatic rings. The van der Waals surface area contributed by atoms with Crippen LogP contribution in [-0.4, -0.2) is 17.6 Å². The summed E-state index contributed by atoms with van der Waals surface area (Å²) in [7, 11) is 0. The third kappa shape index (κ3) is 8.43. The van der Waals surface area contributed by atoms with Gasteiger partial charge in [-0.25, -0.2) is 0 Å². The first-order valence-corrected chi connectivity index (χ1v) is 6.02. The molecule has 0 radical (unpaired) electrons. The molecule has 3 heteroatoms. The Balaban J connectivity index is 3.69. The molecule has 0 heterocycles. The molecule has 3 nitrogen and oxygen atoms in total. The minimum absolute atomic E-state index is 0.152. The molecule has 3 N–H and O–H groups in total. The Hall–Kier alpha value is -0.570. The zero-order valence-corrected chi connectivity index (χ0v) is 10.0. The molecule has 0 fully saturated rings. The molecule has 0 aromatic carbocycles. The Kier molecular flexibility index (Phi) is 8.38. The molecular weight excluding hydrogens is 190 g/mol. The molecule has 0 bridgehead atoms. The highest BCUT2D eigenvalue weighted by Crippen LogP contribution is 2.20. The second-order valence-electron chi connectivity index (χ2n) is 4.54. The molecule has 2 unspecified atom stereocenters. The van der Waals surface area contributed by atoms with Crippen LogP contribution in [0, 0.1) is 11.8 Å². The van der Waals surface area contributed by atoms with Gasteiger partial charge in [0.25, 0.3) is 0 Å². The first-order chi connectivity index (χ1) is 7.10. The predicted molar refractivity (Wildman–Crippen MR) is 62.7 cm³/mol. The number of hydrogen-bond donors (Lipinski definition) is 2. The quantitative estimate of drug-likeness (QED) is 0.581. The molecule has 15 heavy (non-hydrogen) atoms. The Morgan fingerprint density at radius 3 is 2.53 bits per heavy atom. The molecule has 0 amide bonds. The molecule has 2 atom stereocenters. The van der Waals surface area contributed by atoms with E-state index < -0.39 is 5.97 Å². The van der Waals surface area contributed by atoms with E-state index in [4.69, 9.17) is 10.8 Å². The predicted octanol–water partition coefficient (Wildman–Crippen LogP) is 2.64. The molecule has 0 saturated carbocycles. The number of hydrogen-bond acceptors (Lipinski definition) is 2. The van der Waals surface area contributed by atoms with Crippen LogP contribution in [0.5, 0.6) is 0 Å². The summed E-state index contributed by atoms with van der Waals surface area (Å²) in [5.74, 6) is 0.0229. The third-order valence-electron chi connectivity index (χ3n) is 2.83. The van der Waals surface area contributed by atoms with Gasteiger partial charge in [0.15, 0.2) is 0 Å². The first-order valence-electron chi connectivity index (χ1n) is 6.02. The minimum Gasteiger partial charge on any atom is -0.481 e. The van der Waals surface area contributed by atoms with Crippen LogP contribution in [0.3, 0.4) is 0 Å². The first kappa shape index (κ1) is 14.4. The summed E-state index contributed by atoms with van der Waals surface area (Å²) in [4.78, 5) is 10.6. The maximum absolute atomic E-state index is 10.6. The average Bonchev–Trinajstić information content (AvgIpc) is 2.16. The summed E-state index contributed by atoms with van der Waals surface area (Å²) in [6.45, 7) is 4.88. The van der Waals surface area contributed by atoms with Crippen molar-refractivity contribution >= 4 is 5.97 Å². The number of carbonyl (C=O) groups is 1. The fraction of sp³-hybridized carbons (Fsp3) is 0.917. The van der Waals surface area contributed by atoms with Gasteiger partial charge in [0.1, 0.15) is 0 Å². The van der Waals surface area contributed by atoms with E-state index in [1.165, 1.54) is 25.7 Å². The maximum atomic E-state index is 10.6. The van der Waals surface area contributed by atoms with Crippen LogP contribution < -0.4 is 5.73 Å². The van der Waals surface area contributed by atoms with Gasteiger partial charge in [-0.2, -0.15) is 0 Å². The number of carboxylic acids is 1. The fourth-order valence-corrected chi connectivity index (χ4v) is 1.94. The van der Waals surface area contributed by atoms with E-state index in [2.05, 4.69) is 13.8 Å². The fourth-order valence-electron chi connectivity index (χ4n) is 1.94. The summed E-state index contributed by atoms with van der Waals surface area (Å²) in [5, 5.41) is 8.69. The van der Waals surface area contributed by atoms with Crippen molar-refractivity contribution in [2.75, 3.05) is 6.54 Å². The molecule has 0 aromatic heterocycles. The van der Waals surface area contributed by atoms with Crippen molar-refractivity contribution in [3.05, 3.63) is 0 Å². The normalized spacial score (nSPS) is 14.9. The van der Waals surface area contributed by atoms with Gasteiger partial charge in [-0.05, 0) is 24.8 Å². The van der Waals surface area contributed by atoms with Gasteiger partial charge in [0.2, 0.25) is 0 Å². The summed E-state index contributed by atoms with van der Waals surface area (Å²) < 4.78 is 0. The van der Waals surface area contributed by atoms with E-state index in [-0.39, 0.29) is 12.3 Å². The molecule has 0 saturated heterocycles. The number of unbranched alkanes of at least 4 members (excludes halogenated alkanes) is 2. The highest BCUT2D eigenvalue weighted by Gasteiger charge is 2.14.